The molecule has 90 valence electrons. The van der Waals surface area contributed by atoms with E-state index in [0.29, 0.717) is 12.3 Å². The lowest BCUT2D eigenvalue weighted by atomic mass is 10.5. The highest BCUT2D eigenvalue weighted by Gasteiger charge is 2.09. The van der Waals surface area contributed by atoms with Crippen LogP contribution in [0.15, 0.2) is 15.9 Å². The van der Waals surface area contributed by atoms with E-state index in [1.54, 1.807) is 11.3 Å². The molecule has 1 amide bonds. The van der Waals surface area contributed by atoms with Crippen molar-refractivity contribution in [1.29, 1.82) is 0 Å². The SMILES string of the molecule is CCCNC(=O)C[S@@](=O)Cc1ccc(Br)s1. The lowest BCUT2D eigenvalue weighted by Crippen LogP contribution is -2.29. The molecule has 0 saturated heterocycles. The molecule has 0 aromatic carbocycles. The van der Waals surface area contributed by atoms with Crippen molar-refractivity contribution in [3.8, 4) is 0 Å². The molecule has 0 unspecified atom stereocenters. The van der Waals surface area contributed by atoms with Crippen LogP contribution in [0, 0.1) is 0 Å². The van der Waals surface area contributed by atoms with Gasteiger partial charge >= 0.3 is 0 Å². The van der Waals surface area contributed by atoms with Gasteiger partial charge in [0.05, 0.1) is 9.54 Å². The number of amides is 1. The number of hydrogen-bond acceptors (Lipinski definition) is 3. The highest BCUT2D eigenvalue weighted by molar-refractivity contribution is 9.11. The smallest absolute Gasteiger partial charge is 0.232 e. The van der Waals surface area contributed by atoms with Gasteiger partial charge in [0.15, 0.2) is 0 Å². The minimum Gasteiger partial charge on any atom is -0.355 e. The number of rotatable bonds is 6. The van der Waals surface area contributed by atoms with Crippen molar-refractivity contribution < 1.29 is 9.00 Å². The van der Waals surface area contributed by atoms with Crippen LogP contribution in [0.4, 0.5) is 0 Å². The summed E-state index contributed by atoms with van der Waals surface area (Å²) in [5, 5.41) is 2.72. The maximum absolute atomic E-state index is 11.6. The van der Waals surface area contributed by atoms with Gasteiger partial charge in [-0.2, -0.15) is 0 Å². The third-order valence-electron chi connectivity index (χ3n) is 1.80. The molecule has 0 bridgehead atoms. The number of carbonyl (C=O) groups is 1. The molecule has 3 nitrogen and oxygen atoms in total. The highest BCUT2D eigenvalue weighted by Crippen LogP contribution is 2.23. The van der Waals surface area contributed by atoms with Crippen molar-refractivity contribution in [2.45, 2.75) is 19.1 Å². The Bertz CT molecular complexity index is 379. The first-order valence-corrected chi connectivity index (χ1v) is 8.07. The van der Waals surface area contributed by atoms with Gasteiger partial charge in [-0.1, -0.05) is 6.92 Å². The van der Waals surface area contributed by atoms with Gasteiger partial charge in [0.25, 0.3) is 0 Å². The van der Waals surface area contributed by atoms with Crippen LogP contribution in [0.3, 0.4) is 0 Å². The third kappa shape index (κ3) is 5.23. The standard InChI is InChI=1S/C10H14BrNO2S2/c1-2-5-12-10(13)7-16(14)6-8-3-4-9(11)15-8/h3-4H,2,5-7H2,1H3,(H,12,13)/t16-/m0/s1. The molecule has 0 radical (unpaired) electrons. The van der Waals surface area contributed by atoms with E-state index in [0.717, 1.165) is 15.1 Å². The first-order valence-electron chi connectivity index (χ1n) is 4.97. The van der Waals surface area contributed by atoms with Crippen LogP contribution in [-0.4, -0.2) is 22.4 Å². The summed E-state index contributed by atoms with van der Waals surface area (Å²) in [5.41, 5.74) is 0. The zero-order chi connectivity index (χ0) is 12.0. The first-order chi connectivity index (χ1) is 7.61. The Kier molecular flexibility index (Phi) is 6.23. The van der Waals surface area contributed by atoms with Gasteiger partial charge in [-0.05, 0) is 34.5 Å². The molecule has 0 aliphatic rings. The van der Waals surface area contributed by atoms with Gasteiger partial charge in [0, 0.05) is 22.2 Å². The van der Waals surface area contributed by atoms with E-state index in [9.17, 15) is 9.00 Å². The average molecular weight is 324 g/mol. The Hall–Kier alpha value is -0.200. The maximum Gasteiger partial charge on any atom is 0.232 e. The van der Waals surface area contributed by atoms with Crippen LogP contribution in [-0.2, 0) is 21.3 Å². The molecule has 1 aromatic heterocycles. The largest absolute Gasteiger partial charge is 0.355 e. The van der Waals surface area contributed by atoms with E-state index < -0.39 is 10.8 Å². The summed E-state index contributed by atoms with van der Waals surface area (Å²) in [5.74, 6) is 0.418. The molecule has 0 aliphatic carbocycles. The second-order valence-electron chi connectivity index (χ2n) is 3.28. The molecule has 0 saturated carbocycles. The number of nitrogens with one attached hydrogen (secondary N) is 1. The van der Waals surface area contributed by atoms with Crippen molar-refractivity contribution in [2.24, 2.45) is 0 Å². The summed E-state index contributed by atoms with van der Waals surface area (Å²) in [6.45, 7) is 2.64. The number of hydrogen-bond donors (Lipinski definition) is 1. The first kappa shape index (κ1) is 13.9. The van der Waals surface area contributed by atoms with E-state index in [1.807, 2.05) is 19.1 Å². The summed E-state index contributed by atoms with van der Waals surface area (Å²) in [6.07, 6.45) is 0.899. The minimum atomic E-state index is -1.11. The lowest BCUT2D eigenvalue weighted by Gasteiger charge is -2.02. The van der Waals surface area contributed by atoms with Gasteiger partial charge in [0.2, 0.25) is 5.91 Å². The molecule has 6 heteroatoms. The second-order valence-corrected chi connectivity index (χ2v) is 7.29. The molecule has 0 aliphatic heterocycles. The van der Waals surface area contributed by atoms with Gasteiger partial charge in [0.1, 0.15) is 5.75 Å². The molecular formula is C10H14BrNO2S2. The van der Waals surface area contributed by atoms with Crippen molar-refractivity contribution >= 4 is 44.0 Å². The monoisotopic (exact) mass is 323 g/mol. The highest BCUT2D eigenvalue weighted by atomic mass is 79.9. The predicted molar refractivity (Wildman–Crippen MR) is 72.0 cm³/mol. The molecular weight excluding hydrogens is 310 g/mol. The van der Waals surface area contributed by atoms with Crippen molar-refractivity contribution in [1.82, 2.24) is 5.32 Å². The Morgan fingerprint density at radius 1 is 1.56 bits per heavy atom. The van der Waals surface area contributed by atoms with Gasteiger partial charge in [-0.15, -0.1) is 11.3 Å². The lowest BCUT2D eigenvalue weighted by molar-refractivity contribution is -0.118. The quantitative estimate of drug-likeness (QED) is 0.873. The average Bonchev–Trinajstić information content (AvgIpc) is 2.60. The summed E-state index contributed by atoms with van der Waals surface area (Å²) in [6, 6.07) is 3.85. The van der Waals surface area contributed by atoms with E-state index in [-0.39, 0.29) is 11.7 Å². The van der Waals surface area contributed by atoms with Crippen LogP contribution in [0.25, 0.3) is 0 Å². The Morgan fingerprint density at radius 2 is 2.31 bits per heavy atom. The van der Waals surface area contributed by atoms with Crippen LogP contribution in [0.1, 0.15) is 18.2 Å². The molecule has 0 fully saturated rings. The zero-order valence-electron chi connectivity index (χ0n) is 8.99. The van der Waals surface area contributed by atoms with Crippen molar-refractivity contribution in [3.63, 3.8) is 0 Å². The molecule has 1 rings (SSSR count). The van der Waals surface area contributed by atoms with Gasteiger partial charge < -0.3 is 5.32 Å². The number of thiophene rings is 1. The van der Waals surface area contributed by atoms with E-state index in [1.165, 1.54) is 0 Å². The Labute approximate surface area is 110 Å². The predicted octanol–water partition coefficient (Wildman–Crippen LogP) is 2.29. The topological polar surface area (TPSA) is 46.2 Å². The van der Waals surface area contributed by atoms with Gasteiger partial charge in [-0.3, -0.25) is 9.00 Å². The molecule has 1 N–H and O–H groups in total. The summed E-state index contributed by atoms with van der Waals surface area (Å²) in [4.78, 5) is 12.3. The fourth-order valence-electron chi connectivity index (χ4n) is 1.10. The van der Waals surface area contributed by atoms with Crippen LogP contribution >= 0.6 is 27.3 Å². The zero-order valence-corrected chi connectivity index (χ0v) is 12.2. The fourth-order valence-corrected chi connectivity index (χ4v) is 3.92. The minimum absolute atomic E-state index is 0.0928. The van der Waals surface area contributed by atoms with E-state index in [4.69, 9.17) is 0 Å². The fraction of sp³-hybridized carbons (Fsp3) is 0.500. The molecule has 1 heterocycles. The van der Waals surface area contributed by atoms with Crippen LogP contribution < -0.4 is 5.32 Å². The number of halogens is 1. The second kappa shape index (κ2) is 7.19. The Morgan fingerprint density at radius 3 is 2.88 bits per heavy atom. The molecule has 0 spiro atoms. The normalized spacial score (nSPS) is 12.4. The van der Waals surface area contributed by atoms with Crippen molar-refractivity contribution in [2.75, 3.05) is 12.3 Å². The summed E-state index contributed by atoms with van der Waals surface area (Å²) in [7, 11) is -1.11. The molecule has 1 aromatic rings. The third-order valence-corrected chi connectivity index (χ3v) is 4.82. The van der Waals surface area contributed by atoms with Crippen LogP contribution in [0.2, 0.25) is 0 Å². The summed E-state index contributed by atoms with van der Waals surface area (Å²) >= 11 is 4.90. The van der Waals surface area contributed by atoms with E-state index >= 15 is 0 Å². The Balaban J connectivity index is 2.33. The van der Waals surface area contributed by atoms with Crippen molar-refractivity contribution in [3.05, 3.63) is 20.8 Å². The molecule has 1 atom stereocenters. The van der Waals surface area contributed by atoms with Crippen LogP contribution in [0.5, 0.6) is 0 Å². The summed E-state index contributed by atoms with van der Waals surface area (Å²) < 4.78 is 12.7. The number of carbonyl (C=O) groups excluding carboxylic acids is 1. The molecule has 16 heavy (non-hydrogen) atoms. The van der Waals surface area contributed by atoms with E-state index in [2.05, 4.69) is 21.2 Å². The maximum atomic E-state index is 11.6. The van der Waals surface area contributed by atoms with Gasteiger partial charge in [-0.25, -0.2) is 0 Å².